The largest absolute Gasteiger partial charge is 0.495 e. The van der Waals surface area contributed by atoms with Gasteiger partial charge < -0.3 is 19.5 Å². The number of hydrogen-bond acceptors (Lipinski definition) is 7. The molecule has 5 rings (SSSR count). The van der Waals surface area contributed by atoms with Crippen LogP contribution in [-0.4, -0.2) is 37.5 Å². The van der Waals surface area contributed by atoms with Gasteiger partial charge in [-0.1, -0.05) is 58.4 Å². The molecule has 0 aliphatic carbocycles. The lowest BCUT2D eigenvalue weighted by atomic mass is 10.1. The van der Waals surface area contributed by atoms with Crippen molar-refractivity contribution in [1.82, 2.24) is 5.32 Å². The molecule has 0 unspecified atom stereocenters. The topological polar surface area (TPSA) is 123 Å². The first-order chi connectivity index (χ1) is 21.3. The van der Waals surface area contributed by atoms with Crippen LogP contribution in [0.25, 0.3) is 6.08 Å². The van der Waals surface area contributed by atoms with E-state index in [1.165, 1.54) is 13.2 Å². The number of anilines is 2. The number of hydrogen-bond donors (Lipinski definition) is 2. The number of ether oxygens (including phenoxy) is 3. The van der Waals surface area contributed by atoms with Gasteiger partial charge in [0, 0.05) is 10.0 Å². The van der Waals surface area contributed by atoms with Crippen molar-refractivity contribution in [3.05, 3.63) is 118 Å². The van der Waals surface area contributed by atoms with Gasteiger partial charge in [0.15, 0.2) is 6.61 Å². The Labute approximate surface area is 261 Å². The Balaban J connectivity index is 1.32. The van der Waals surface area contributed by atoms with E-state index >= 15 is 0 Å². The molecule has 0 atom stereocenters. The van der Waals surface area contributed by atoms with Gasteiger partial charge in [-0.15, -0.1) is 0 Å². The highest BCUT2D eigenvalue weighted by atomic mass is 79.9. The fourth-order valence-electron chi connectivity index (χ4n) is 4.32. The molecular weight excluding hydrogens is 630 g/mol. The second-order valence-electron chi connectivity index (χ2n) is 9.45. The van der Waals surface area contributed by atoms with Crippen LogP contribution >= 0.6 is 15.9 Å². The monoisotopic (exact) mass is 655 g/mol. The van der Waals surface area contributed by atoms with Crippen LogP contribution in [0, 0.1) is 0 Å². The highest BCUT2D eigenvalue weighted by molar-refractivity contribution is 9.10. The van der Waals surface area contributed by atoms with E-state index in [4.69, 9.17) is 14.2 Å². The molecule has 222 valence electrons. The van der Waals surface area contributed by atoms with Gasteiger partial charge >= 0.3 is 6.03 Å². The Morgan fingerprint density at radius 3 is 2.36 bits per heavy atom. The maximum absolute atomic E-state index is 13.5. The van der Waals surface area contributed by atoms with Crippen LogP contribution in [0.5, 0.6) is 17.2 Å². The number of methoxy groups -OCH3 is 1. The van der Waals surface area contributed by atoms with E-state index in [1.54, 1.807) is 66.7 Å². The normalized spacial score (nSPS) is 13.8. The summed E-state index contributed by atoms with van der Waals surface area (Å²) in [4.78, 5) is 52.5. The van der Waals surface area contributed by atoms with Gasteiger partial charge in [-0.25, -0.2) is 9.69 Å². The van der Waals surface area contributed by atoms with Crippen LogP contribution in [0.2, 0.25) is 0 Å². The zero-order chi connectivity index (χ0) is 31.1. The minimum absolute atomic E-state index is 0.236. The van der Waals surface area contributed by atoms with Crippen molar-refractivity contribution >= 4 is 57.1 Å². The van der Waals surface area contributed by atoms with Gasteiger partial charge in [0.1, 0.15) is 29.4 Å². The number of para-hydroxylation sites is 2. The van der Waals surface area contributed by atoms with Gasteiger partial charge in [0.25, 0.3) is 17.7 Å². The second-order valence-corrected chi connectivity index (χ2v) is 10.4. The van der Waals surface area contributed by atoms with Crippen molar-refractivity contribution in [2.75, 3.05) is 23.9 Å². The summed E-state index contributed by atoms with van der Waals surface area (Å²) in [7, 11) is 1.50. The second kappa shape index (κ2) is 13.7. The molecule has 10 nitrogen and oxygen atoms in total. The summed E-state index contributed by atoms with van der Waals surface area (Å²) in [5, 5.41) is 4.93. The van der Waals surface area contributed by atoms with Gasteiger partial charge in [0.05, 0.1) is 18.5 Å². The number of amides is 5. The molecule has 1 aliphatic heterocycles. The molecule has 11 heteroatoms. The van der Waals surface area contributed by atoms with Gasteiger partial charge in [-0.05, 0) is 66.2 Å². The lowest BCUT2D eigenvalue weighted by Crippen LogP contribution is -2.54. The third-order valence-corrected chi connectivity index (χ3v) is 6.95. The quantitative estimate of drug-likeness (QED) is 0.165. The van der Waals surface area contributed by atoms with Crippen LogP contribution in [0.3, 0.4) is 0 Å². The highest BCUT2D eigenvalue weighted by Gasteiger charge is 2.37. The van der Waals surface area contributed by atoms with Crippen molar-refractivity contribution in [2.24, 2.45) is 0 Å². The van der Waals surface area contributed by atoms with Crippen LogP contribution < -0.4 is 29.7 Å². The Hall–Kier alpha value is -5.42. The summed E-state index contributed by atoms with van der Waals surface area (Å²) in [5.41, 5.74) is 1.75. The molecule has 5 amide bonds. The number of nitrogens with one attached hydrogen (secondary N) is 2. The van der Waals surface area contributed by atoms with Crippen molar-refractivity contribution in [3.63, 3.8) is 0 Å². The smallest absolute Gasteiger partial charge is 0.335 e. The van der Waals surface area contributed by atoms with Gasteiger partial charge in [-0.2, -0.15) is 0 Å². The summed E-state index contributed by atoms with van der Waals surface area (Å²) in [5.74, 6) is -0.865. The summed E-state index contributed by atoms with van der Waals surface area (Å²) >= 11 is 3.38. The fraction of sp³-hybridized carbons (Fsp3) is 0.0909. The van der Waals surface area contributed by atoms with E-state index in [0.29, 0.717) is 33.8 Å². The zero-order valence-electron chi connectivity index (χ0n) is 23.4. The highest BCUT2D eigenvalue weighted by Crippen LogP contribution is 2.29. The molecule has 0 radical (unpaired) electrons. The third-order valence-electron chi connectivity index (χ3n) is 6.46. The number of nitrogens with zero attached hydrogens (tertiary/aromatic N) is 1. The molecule has 1 fully saturated rings. The van der Waals surface area contributed by atoms with E-state index in [9.17, 15) is 19.2 Å². The van der Waals surface area contributed by atoms with Gasteiger partial charge in [-0.3, -0.25) is 19.7 Å². The van der Waals surface area contributed by atoms with E-state index in [2.05, 4.69) is 26.6 Å². The van der Waals surface area contributed by atoms with Crippen LogP contribution in [0.1, 0.15) is 11.1 Å². The maximum Gasteiger partial charge on any atom is 0.335 e. The average Bonchev–Trinajstić information content (AvgIpc) is 3.03. The molecule has 44 heavy (non-hydrogen) atoms. The van der Waals surface area contributed by atoms with Crippen LogP contribution in [-0.2, 0) is 21.0 Å². The van der Waals surface area contributed by atoms with Gasteiger partial charge in [0.2, 0.25) is 0 Å². The van der Waals surface area contributed by atoms with Crippen LogP contribution in [0.4, 0.5) is 16.2 Å². The van der Waals surface area contributed by atoms with E-state index in [0.717, 1.165) is 10.5 Å². The zero-order valence-corrected chi connectivity index (χ0v) is 25.0. The van der Waals surface area contributed by atoms with E-state index < -0.39 is 23.8 Å². The number of carbonyl (C=O) groups is 4. The lowest BCUT2D eigenvalue weighted by Gasteiger charge is -2.26. The minimum Gasteiger partial charge on any atom is -0.495 e. The minimum atomic E-state index is -0.881. The van der Waals surface area contributed by atoms with Crippen molar-refractivity contribution < 1.29 is 33.4 Å². The van der Waals surface area contributed by atoms with E-state index in [-0.39, 0.29) is 23.6 Å². The number of benzene rings is 4. The van der Waals surface area contributed by atoms with E-state index in [1.807, 2.05) is 30.3 Å². The molecule has 0 bridgehead atoms. The average molecular weight is 656 g/mol. The van der Waals surface area contributed by atoms with Crippen LogP contribution in [0.15, 0.2) is 107 Å². The molecule has 0 spiro atoms. The number of imide groups is 2. The Morgan fingerprint density at radius 2 is 1.61 bits per heavy atom. The summed E-state index contributed by atoms with van der Waals surface area (Å²) < 4.78 is 17.4. The number of carbonyl (C=O) groups excluding carboxylic acids is 4. The molecule has 1 aliphatic rings. The Morgan fingerprint density at radius 1 is 0.886 bits per heavy atom. The molecule has 4 aromatic rings. The number of halogens is 1. The Kier molecular flexibility index (Phi) is 9.36. The molecule has 2 N–H and O–H groups in total. The predicted octanol–water partition coefficient (Wildman–Crippen LogP) is 5.72. The molecule has 0 saturated carbocycles. The molecule has 1 saturated heterocycles. The summed E-state index contributed by atoms with van der Waals surface area (Å²) in [6.07, 6.45) is 1.31. The first-order valence-electron chi connectivity index (χ1n) is 13.4. The van der Waals surface area contributed by atoms with Crippen molar-refractivity contribution in [2.45, 2.75) is 6.61 Å². The summed E-state index contributed by atoms with van der Waals surface area (Å²) in [6, 6.07) is 27.0. The first-order valence-corrected chi connectivity index (χ1v) is 14.1. The molecule has 0 aromatic heterocycles. The first kappa shape index (κ1) is 30.1. The Bertz CT molecular complexity index is 1740. The molecular formula is C33H26BrN3O7. The standard InChI is InChI=1S/C33H26BrN3O7/c1-42-29-10-6-5-9-27(29)35-30(38)20-44-28-16-11-23(34)17-22(28)18-26-31(39)36-33(41)37(32(26)40)24-12-14-25(15-13-24)43-19-21-7-3-2-4-8-21/h2-18H,19-20H2,1H3,(H,35,38)(H,36,39,41)/b26-18-. The maximum atomic E-state index is 13.5. The van der Waals surface area contributed by atoms with Crippen molar-refractivity contribution in [3.8, 4) is 17.2 Å². The summed E-state index contributed by atoms with van der Waals surface area (Å²) in [6.45, 7) is -0.0108. The lowest BCUT2D eigenvalue weighted by molar-refractivity contribution is -0.122. The SMILES string of the molecule is COc1ccccc1NC(=O)COc1ccc(Br)cc1/C=C1/C(=O)NC(=O)N(c2ccc(OCc3ccccc3)cc2)C1=O. The van der Waals surface area contributed by atoms with Crippen molar-refractivity contribution in [1.29, 1.82) is 0 Å². The fourth-order valence-corrected chi connectivity index (χ4v) is 4.70. The molecule has 1 heterocycles. The number of rotatable bonds is 10. The molecule has 4 aromatic carbocycles. The predicted molar refractivity (Wildman–Crippen MR) is 167 cm³/mol. The number of urea groups is 1. The number of barbiturate groups is 1. The third kappa shape index (κ3) is 7.13.